The molecule has 2 aromatic rings. The first-order valence-electron chi connectivity index (χ1n) is 5.95. The number of H-pyrrole nitrogens is 1. The molecule has 0 radical (unpaired) electrons. The van der Waals surface area contributed by atoms with Crippen molar-refractivity contribution in [3.05, 3.63) is 48.4 Å². The van der Waals surface area contributed by atoms with E-state index in [1.54, 1.807) is 0 Å². The van der Waals surface area contributed by atoms with Gasteiger partial charge in [-0.1, -0.05) is 44.2 Å². The SMILES string of the molecule is CC(C)(CNS(=O)(=O)c1cnc[nH]1)c1ccccc1. The van der Waals surface area contributed by atoms with Crippen molar-refractivity contribution in [1.29, 1.82) is 0 Å². The number of sulfonamides is 1. The molecule has 0 unspecified atom stereocenters. The van der Waals surface area contributed by atoms with Gasteiger partial charge in [-0.05, 0) is 5.56 Å². The van der Waals surface area contributed by atoms with E-state index in [1.807, 2.05) is 44.2 Å². The molecule has 0 saturated heterocycles. The van der Waals surface area contributed by atoms with Crippen LogP contribution in [0.15, 0.2) is 47.9 Å². The van der Waals surface area contributed by atoms with Crippen molar-refractivity contribution in [1.82, 2.24) is 14.7 Å². The number of benzene rings is 1. The van der Waals surface area contributed by atoms with Crippen molar-refractivity contribution in [3.8, 4) is 0 Å². The average Bonchev–Trinajstić information content (AvgIpc) is 2.93. The summed E-state index contributed by atoms with van der Waals surface area (Å²) in [6.07, 6.45) is 2.63. The van der Waals surface area contributed by atoms with Crippen LogP contribution in [0.3, 0.4) is 0 Å². The highest BCUT2D eigenvalue weighted by Crippen LogP contribution is 2.22. The van der Waals surface area contributed by atoms with E-state index in [0.29, 0.717) is 6.54 Å². The fourth-order valence-electron chi connectivity index (χ4n) is 1.73. The highest BCUT2D eigenvalue weighted by Gasteiger charge is 2.24. The Morgan fingerprint density at radius 2 is 1.95 bits per heavy atom. The van der Waals surface area contributed by atoms with Crippen molar-refractivity contribution in [2.75, 3.05) is 6.54 Å². The van der Waals surface area contributed by atoms with Crippen LogP contribution in [-0.2, 0) is 15.4 Å². The zero-order chi connectivity index (χ0) is 13.9. The molecule has 2 rings (SSSR count). The van der Waals surface area contributed by atoms with E-state index in [-0.39, 0.29) is 10.4 Å². The second-order valence-corrected chi connectivity index (χ2v) is 6.73. The van der Waals surface area contributed by atoms with Crippen LogP contribution in [0.2, 0.25) is 0 Å². The number of nitrogens with zero attached hydrogens (tertiary/aromatic N) is 1. The van der Waals surface area contributed by atoms with E-state index in [0.717, 1.165) is 5.56 Å². The molecule has 2 N–H and O–H groups in total. The lowest BCUT2D eigenvalue weighted by atomic mass is 9.85. The molecule has 0 aliphatic heterocycles. The standard InChI is InChI=1S/C13H17N3O2S/c1-13(2,11-6-4-3-5-7-11)9-16-19(17,18)12-8-14-10-15-12/h3-8,10,16H,9H2,1-2H3,(H,14,15). The smallest absolute Gasteiger partial charge is 0.257 e. The molecule has 0 aliphatic carbocycles. The number of nitrogens with one attached hydrogen (secondary N) is 2. The van der Waals surface area contributed by atoms with E-state index in [1.165, 1.54) is 12.5 Å². The molecule has 1 aromatic carbocycles. The summed E-state index contributed by atoms with van der Waals surface area (Å²) < 4.78 is 26.6. The molecule has 0 spiro atoms. The van der Waals surface area contributed by atoms with Crippen LogP contribution < -0.4 is 4.72 Å². The highest BCUT2D eigenvalue weighted by molar-refractivity contribution is 7.89. The number of aromatic nitrogens is 2. The van der Waals surface area contributed by atoms with Crippen LogP contribution in [-0.4, -0.2) is 24.9 Å². The van der Waals surface area contributed by atoms with Gasteiger partial charge in [0.25, 0.3) is 10.0 Å². The van der Waals surface area contributed by atoms with Crippen molar-refractivity contribution in [2.45, 2.75) is 24.3 Å². The van der Waals surface area contributed by atoms with E-state index >= 15 is 0 Å². The lowest BCUT2D eigenvalue weighted by Gasteiger charge is -2.25. The molecule has 5 nitrogen and oxygen atoms in total. The number of rotatable bonds is 5. The van der Waals surface area contributed by atoms with Crippen LogP contribution in [0.25, 0.3) is 0 Å². The van der Waals surface area contributed by atoms with Gasteiger partial charge < -0.3 is 4.98 Å². The number of hydrogen-bond donors (Lipinski definition) is 2. The lowest BCUT2D eigenvalue weighted by molar-refractivity contribution is 0.500. The van der Waals surface area contributed by atoms with Gasteiger partial charge in [-0.15, -0.1) is 0 Å². The molecule has 0 bridgehead atoms. The molecular formula is C13H17N3O2S. The lowest BCUT2D eigenvalue weighted by Crippen LogP contribution is -2.36. The van der Waals surface area contributed by atoms with Crippen LogP contribution in [0.1, 0.15) is 19.4 Å². The largest absolute Gasteiger partial charge is 0.335 e. The average molecular weight is 279 g/mol. The van der Waals surface area contributed by atoms with Crippen molar-refractivity contribution in [3.63, 3.8) is 0 Å². The number of aromatic amines is 1. The maximum absolute atomic E-state index is 12.0. The van der Waals surface area contributed by atoms with Gasteiger partial charge in [0, 0.05) is 12.0 Å². The Bertz CT molecular complexity index is 619. The van der Waals surface area contributed by atoms with E-state index in [4.69, 9.17) is 0 Å². The Balaban J connectivity index is 2.11. The molecule has 0 fully saturated rings. The summed E-state index contributed by atoms with van der Waals surface area (Å²) in [5.41, 5.74) is 0.802. The quantitative estimate of drug-likeness (QED) is 0.874. The van der Waals surface area contributed by atoms with Gasteiger partial charge in [0.15, 0.2) is 5.03 Å². The summed E-state index contributed by atoms with van der Waals surface area (Å²) >= 11 is 0. The Hall–Kier alpha value is -1.66. The monoisotopic (exact) mass is 279 g/mol. The van der Waals surface area contributed by atoms with Crippen LogP contribution in [0.5, 0.6) is 0 Å². The van der Waals surface area contributed by atoms with Gasteiger partial charge in [0.1, 0.15) is 0 Å². The summed E-state index contributed by atoms with van der Waals surface area (Å²) in [5, 5.41) is 0.0800. The first kappa shape index (κ1) is 13.8. The summed E-state index contributed by atoms with van der Waals surface area (Å²) in [7, 11) is -3.53. The van der Waals surface area contributed by atoms with E-state index in [9.17, 15) is 8.42 Å². The van der Waals surface area contributed by atoms with E-state index in [2.05, 4.69) is 14.7 Å². The molecule has 19 heavy (non-hydrogen) atoms. The first-order valence-corrected chi connectivity index (χ1v) is 7.44. The zero-order valence-corrected chi connectivity index (χ0v) is 11.7. The fraction of sp³-hybridized carbons (Fsp3) is 0.308. The molecule has 102 valence electrons. The maximum Gasteiger partial charge on any atom is 0.257 e. The van der Waals surface area contributed by atoms with E-state index < -0.39 is 10.0 Å². The zero-order valence-electron chi connectivity index (χ0n) is 10.9. The van der Waals surface area contributed by atoms with Crippen molar-refractivity contribution >= 4 is 10.0 Å². The highest BCUT2D eigenvalue weighted by atomic mass is 32.2. The van der Waals surface area contributed by atoms with Crippen LogP contribution in [0.4, 0.5) is 0 Å². The Morgan fingerprint density at radius 3 is 2.53 bits per heavy atom. The summed E-state index contributed by atoms with van der Waals surface area (Å²) in [6, 6.07) is 9.81. The van der Waals surface area contributed by atoms with Gasteiger partial charge >= 0.3 is 0 Å². The van der Waals surface area contributed by atoms with Gasteiger partial charge in [0.05, 0.1) is 12.5 Å². The Labute approximate surface area is 113 Å². The third kappa shape index (κ3) is 3.21. The third-order valence-corrected chi connectivity index (χ3v) is 4.35. The molecule has 0 saturated carbocycles. The Kier molecular flexibility index (Phi) is 3.73. The summed E-state index contributed by atoms with van der Waals surface area (Å²) in [6.45, 7) is 4.31. The fourth-order valence-corrected chi connectivity index (χ4v) is 2.85. The minimum atomic E-state index is -3.53. The van der Waals surface area contributed by atoms with Gasteiger partial charge in [-0.3, -0.25) is 0 Å². The van der Waals surface area contributed by atoms with Gasteiger partial charge in [-0.2, -0.15) is 0 Å². The minimum Gasteiger partial charge on any atom is -0.335 e. The third-order valence-electron chi connectivity index (χ3n) is 3.02. The molecule has 1 heterocycles. The van der Waals surface area contributed by atoms with Crippen molar-refractivity contribution in [2.24, 2.45) is 0 Å². The minimum absolute atomic E-state index is 0.0800. The second kappa shape index (κ2) is 5.14. The molecule has 1 aromatic heterocycles. The van der Waals surface area contributed by atoms with Gasteiger partial charge in [0.2, 0.25) is 0 Å². The predicted molar refractivity (Wildman–Crippen MR) is 73.2 cm³/mol. The normalized spacial score (nSPS) is 12.5. The number of hydrogen-bond acceptors (Lipinski definition) is 3. The number of imidazole rings is 1. The predicted octanol–water partition coefficient (Wildman–Crippen LogP) is 1.67. The topological polar surface area (TPSA) is 74.8 Å². The van der Waals surface area contributed by atoms with Gasteiger partial charge in [-0.25, -0.2) is 18.1 Å². The molecule has 0 amide bonds. The summed E-state index contributed by atoms with van der Waals surface area (Å²) in [5.74, 6) is 0. The van der Waals surface area contributed by atoms with Crippen molar-refractivity contribution < 1.29 is 8.42 Å². The summed E-state index contributed by atoms with van der Waals surface area (Å²) in [4.78, 5) is 6.31. The maximum atomic E-state index is 12.0. The second-order valence-electron chi connectivity index (χ2n) is 4.99. The van der Waals surface area contributed by atoms with Crippen LogP contribution >= 0.6 is 0 Å². The molecule has 0 atom stereocenters. The molecule has 6 heteroatoms. The molecule has 0 aliphatic rings. The van der Waals surface area contributed by atoms with Crippen LogP contribution in [0, 0.1) is 0 Å². The first-order chi connectivity index (χ1) is 8.92. The Morgan fingerprint density at radius 1 is 1.26 bits per heavy atom. The molecular weight excluding hydrogens is 262 g/mol.